The molecule has 142 valence electrons. The Morgan fingerprint density at radius 3 is 2.89 bits per heavy atom. The second-order valence-corrected chi connectivity index (χ2v) is 7.07. The summed E-state index contributed by atoms with van der Waals surface area (Å²) in [5.74, 6) is -0.627. The molecule has 9 heteroatoms. The minimum absolute atomic E-state index is 0.0326. The molecule has 1 N–H and O–H groups in total. The molecule has 0 bridgehead atoms. The van der Waals surface area contributed by atoms with Gasteiger partial charge in [-0.15, -0.1) is 5.10 Å². The molecule has 1 amide bonds. The summed E-state index contributed by atoms with van der Waals surface area (Å²) in [6.45, 7) is 2.17. The number of fused-ring (bicyclic) bond motifs is 1. The maximum atomic E-state index is 13.6. The van der Waals surface area contributed by atoms with E-state index in [0.29, 0.717) is 15.7 Å². The summed E-state index contributed by atoms with van der Waals surface area (Å²) < 4.78 is 14.8. The quantitative estimate of drug-likeness (QED) is 0.669. The highest BCUT2D eigenvalue weighted by Gasteiger charge is 2.15. The van der Waals surface area contributed by atoms with Crippen LogP contribution in [0.15, 0.2) is 35.1 Å². The van der Waals surface area contributed by atoms with Crippen molar-refractivity contribution in [2.45, 2.75) is 26.3 Å². The van der Waals surface area contributed by atoms with E-state index in [1.165, 1.54) is 28.0 Å². The molecule has 0 atom stereocenters. The van der Waals surface area contributed by atoms with E-state index in [-0.39, 0.29) is 30.4 Å². The summed E-state index contributed by atoms with van der Waals surface area (Å²) in [6.07, 6.45) is 1.63. The molecular weight excluding hydrogens is 369 g/mol. The molecule has 27 heavy (non-hydrogen) atoms. The first-order chi connectivity index (χ1) is 13.0. The van der Waals surface area contributed by atoms with Gasteiger partial charge >= 0.3 is 0 Å². The van der Waals surface area contributed by atoms with Gasteiger partial charge in [0.15, 0.2) is 0 Å². The van der Waals surface area contributed by atoms with Crippen LogP contribution in [0.2, 0.25) is 0 Å². The molecule has 1 aromatic carbocycles. The van der Waals surface area contributed by atoms with Gasteiger partial charge in [-0.1, -0.05) is 42.9 Å². The number of nitrogens with one attached hydrogen (secondary N) is 1. The minimum atomic E-state index is -0.356. The van der Waals surface area contributed by atoms with Crippen LogP contribution in [0.3, 0.4) is 0 Å². The smallest absolute Gasteiger partial charge is 0.275 e. The minimum Gasteiger partial charge on any atom is -0.350 e. The monoisotopic (exact) mass is 389 g/mol. The molecule has 0 saturated heterocycles. The molecule has 0 aliphatic rings. The van der Waals surface area contributed by atoms with E-state index >= 15 is 0 Å². The summed E-state index contributed by atoms with van der Waals surface area (Å²) in [6, 6.07) is 7.78. The Morgan fingerprint density at radius 2 is 2.15 bits per heavy atom. The van der Waals surface area contributed by atoms with E-state index in [4.69, 9.17) is 0 Å². The maximum Gasteiger partial charge on any atom is 0.275 e. The zero-order valence-corrected chi connectivity index (χ0v) is 15.9. The molecule has 0 aliphatic carbocycles. The lowest BCUT2D eigenvalue weighted by molar-refractivity contribution is -0.119. The molecule has 3 rings (SSSR count). The van der Waals surface area contributed by atoms with Crippen molar-refractivity contribution < 1.29 is 9.18 Å². The molecule has 0 aliphatic heterocycles. The second-order valence-electron chi connectivity index (χ2n) is 6.14. The molecule has 2 heterocycles. The van der Waals surface area contributed by atoms with Crippen LogP contribution in [0.1, 0.15) is 24.6 Å². The fourth-order valence-electron chi connectivity index (χ4n) is 2.56. The van der Waals surface area contributed by atoms with Crippen molar-refractivity contribution >= 4 is 27.3 Å². The standard InChI is InChI=1S/C18H20FN5O2S/c1-3-6-13-9-16(26)24-17(21-13)27-18(22-24)23(2)11-15(25)20-10-12-7-4-5-8-14(12)19/h4-5,7-9H,3,6,10-11H2,1-2H3,(H,20,25). The van der Waals surface area contributed by atoms with Crippen LogP contribution in [-0.2, 0) is 17.8 Å². The fourth-order valence-corrected chi connectivity index (χ4v) is 3.45. The van der Waals surface area contributed by atoms with Gasteiger partial charge < -0.3 is 10.2 Å². The van der Waals surface area contributed by atoms with Crippen molar-refractivity contribution in [3.63, 3.8) is 0 Å². The predicted octanol–water partition coefficient (Wildman–Crippen LogP) is 2.00. The van der Waals surface area contributed by atoms with Crippen molar-refractivity contribution in [2.24, 2.45) is 0 Å². The first-order valence-corrected chi connectivity index (χ1v) is 9.40. The van der Waals surface area contributed by atoms with Crippen LogP contribution < -0.4 is 15.8 Å². The number of rotatable bonds is 7. The maximum absolute atomic E-state index is 13.6. The lowest BCUT2D eigenvalue weighted by atomic mass is 10.2. The van der Waals surface area contributed by atoms with Crippen molar-refractivity contribution in [3.05, 3.63) is 57.8 Å². The summed E-state index contributed by atoms with van der Waals surface area (Å²) in [5, 5.41) is 7.44. The van der Waals surface area contributed by atoms with Crippen molar-refractivity contribution in [3.8, 4) is 0 Å². The largest absolute Gasteiger partial charge is 0.350 e. The first-order valence-electron chi connectivity index (χ1n) is 8.59. The lowest BCUT2D eigenvalue weighted by Gasteiger charge is -2.14. The number of anilines is 1. The Labute approximate surface area is 159 Å². The number of amides is 1. The van der Waals surface area contributed by atoms with Crippen LogP contribution in [0, 0.1) is 5.82 Å². The lowest BCUT2D eigenvalue weighted by Crippen LogP contribution is -2.35. The highest BCUT2D eigenvalue weighted by Crippen LogP contribution is 2.20. The predicted molar refractivity (Wildman–Crippen MR) is 103 cm³/mol. The van der Waals surface area contributed by atoms with Gasteiger partial charge in [-0.3, -0.25) is 9.59 Å². The average Bonchev–Trinajstić information content (AvgIpc) is 3.06. The van der Waals surface area contributed by atoms with Crippen LogP contribution in [0.4, 0.5) is 9.52 Å². The molecule has 0 unspecified atom stereocenters. The molecule has 0 spiro atoms. The number of benzene rings is 1. The number of hydrogen-bond acceptors (Lipinski definition) is 6. The molecule has 3 aromatic rings. The Bertz CT molecular complexity index is 1020. The summed E-state index contributed by atoms with van der Waals surface area (Å²) in [4.78, 5) is 30.9. The Balaban J connectivity index is 1.67. The van der Waals surface area contributed by atoms with E-state index in [2.05, 4.69) is 15.4 Å². The summed E-state index contributed by atoms with van der Waals surface area (Å²) in [7, 11) is 1.71. The number of aryl methyl sites for hydroxylation is 1. The van der Waals surface area contributed by atoms with Crippen LogP contribution in [-0.4, -0.2) is 34.1 Å². The summed E-state index contributed by atoms with van der Waals surface area (Å²) in [5.41, 5.74) is 0.930. The van der Waals surface area contributed by atoms with Gasteiger partial charge in [-0.2, -0.15) is 4.52 Å². The number of carbonyl (C=O) groups is 1. The third-order valence-corrected chi connectivity index (χ3v) is 4.96. The molecular formula is C18H20FN5O2S. The van der Waals surface area contributed by atoms with Gasteiger partial charge in [0, 0.05) is 30.9 Å². The third kappa shape index (κ3) is 4.48. The molecule has 0 radical (unpaired) electrons. The normalized spacial score (nSPS) is 10.9. The highest BCUT2D eigenvalue weighted by atomic mass is 32.1. The van der Waals surface area contributed by atoms with E-state index in [1.807, 2.05) is 6.92 Å². The molecule has 7 nitrogen and oxygen atoms in total. The van der Waals surface area contributed by atoms with Gasteiger partial charge in [0.1, 0.15) is 5.82 Å². The zero-order valence-electron chi connectivity index (χ0n) is 15.1. The Kier molecular flexibility index (Phi) is 5.80. The number of halogens is 1. The van der Waals surface area contributed by atoms with Crippen molar-refractivity contribution in [2.75, 3.05) is 18.5 Å². The van der Waals surface area contributed by atoms with E-state index in [0.717, 1.165) is 18.5 Å². The molecule has 0 fully saturated rings. The number of likely N-dealkylation sites (N-methyl/N-ethyl adjacent to an activating group) is 1. The number of carbonyl (C=O) groups excluding carboxylic acids is 1. The fraction of sp³-hybridized carbons (Fsp3) is 0.333. The van der Waals surface area contributed by atoms with Crippen LogP contribution in [0.5, 0.6) is 0 Å². The highest BCUT2D eigenvalue weighted by molar-refractivity contribution is 7.20. The van der Waals surface area contributed by atoms with E-state index < -0.39 is 0 Å². The van der Waals surface area contributed by atoms with Gasteiger partial charge in [0.2, 0.25) is 16.0 Å². The second kappa shape index (κ2) is 8.26. The van der Waals surface area contributed by atoms with Crippen LogP contribution >= 0.6 is 11.3 Å². The van der Waals surface area contributed by atoms with Crippen molar-refractivity contribution in [1.82, 2.24) is 19.9 Å². The third-order valence-electron chi connectivity index (χ3n) is 3.93. The van der Waals surface area contributed by atoms with Gasteiger partial charge in [-0.25, -0.2) is 9.37 Å². The van der Waals surface area contributed by atoms with Gasteiger partial charge in [0.25, 0.3) is 5.56 Å². The number of nitrogens with zero attached hydrogens (tertiary/aromatic N) is 4. The number of aromatic nitrogens is 3. The molecule has 0 saturated carbocycles. The summed E-state index contributed by atoms with van der Waals surface area (Å²) >= 11 is 1.25. The van der Waals surface area contributed by atoms with Gasteiger partial charge in [-0.05, 0) is 12.5 Å². The SMILES string of the molecule is CCCc1cc(=O)n2nc(N(C)CC(=O)NCc3ccccc3F)sc2n1. The zero-order chi connectivity index (χ0) is 19.4. The van der Waals surface area contributed by atoms with Crippen LogP contribution in [0.25, 0.3) is 4.96 Å². The topological polar surface area (TPSA) is 79.6 Å². The number of hydrogen-bond donors (Lipinski definition) is 1. The van der Waals surface area contributed by atoms with Crippen molar-refractivity contribution in [1.29, 1.82) is 0 Å². The Hall–Kier alpha value is -2.81. The van der Waals surface area contributed by atoms with E-state index in [1.54, 1.807) is 30.1 Å². The Morgan fingerprint density at radius 1 is 1.37 bits per heavy atom. The van der Waals surface area contributed by atoms with E-state index in [9.17, 15) is 14.0 Å². The average molecular weight is 389 g/mol. The molecule has 2 aromatic heterocycles. The van der Waals surface area contributed by atoms with Gasteiger partial charge in [0.05, 0.1) is 6.54 Å². The first kappa shape index (κ1) is 19.0.